The van der Waals surface area contributed by atoms with Crippen LogP contribution in [0.3, 0.4) is 0 Å². The fraction of sp³-hybridized carbons (Fsp3) is 0.167. The van der Waals surface area contributed by atoms with Gasteiger partial charge in [0, 0.05) is 19.7 Å². The van der Waals surface area contributed by atoms with Gasteiger partial charge in [-0.25, -0.2) is 4.79 Å². The minimum Gasteiger partial charge on any atom is -0.477 e. The van der Waals surface area contributed by atoms with Crippen molar-refractivity contribution in [2.45, 2.75) is 0 Å². The lowest BCUT2D eigenvalue weighted by molar-refractivity contribution is 0.0698. The highest BCUT2D eigenvalue weighted by Gasteiger charge is 2.24. The van der Waals surface area contributed by atoms with Crippen LogP contribution < -0.4 is 4.90 Å². The molecule has 88 valence electrons. The lowest BCUT2D eigenvalue weighted by Crippen LogP contribution is -2.13. The van der Waals surface area contributed by atoms with E-state index in [1.54, 1.807) is 31.1 Å². The monoisotopic (exact) mass is 232 g/mol. The van der Waals surface area contributed by atoms with E-state index in [0.717, 1.165) is 0 Å². The van der Waals surface area contributed by atoms with Crippen LogP contribution in [0.4, 0.5) is 5.82 Å². The zero-order valence-corrected chi connectivity index (χ0v) is 9.54. The zero-order valence-electron chi connectivity index (χ0n) is 9.54. The van der Waals surface area contributed by atoms with Crippen molar-refractivity contribution < 1.29 is 14.4 Å². The summed E-state index contributed by atoms with van der Waals surface area (Å²) in [7, 11) is 3.44. The quantitative estimate of drug-likeness (QED) is 0.877. The molecule has 1 aromatic carbocycles. The second-order valence-electron chi connectivity index (χ2n) is 3.78. The van der Waals surface area contributed by atoms with Crippen LogP contribution in [-0.2, 0) is 0 Å². The SMILES string of the molecule is CN(C)c1noc(-c2ccccc2)c1C(=O)O. The molecule has 1 N–H and O–H groups in total. The topological polar surface area (TPSA) is 66.6 Å². The molecule has 0 amide bonds. The first-order valence-corrected chi connectivity index (χ1v) is 5.07. The lowest BCUT2D eigenvalue weighted by Gasteiger charge is -2.07. The van der Waals surface area contributed by atoms with E-state index in [9.17, 15) is 9.90 Å². The van der Waals surface area contributed by atoms with Crippen molar-refractivity contribution in [1.82, 2.24) is 5.16 Å². The largest absolute Gasteiger partial charge is 0.477 e. The molecule has 0 bridgehead atoms. The van der Waals surface area contributed by atoms with Gasteiger partial charge in [0.1, 0.15) is 0 Å². The van der Waals surface area contributed by atoms with Crippen molar-refractivity contribution in [2.75, 3.05) is 19.0 Å². The molecule has 17 heavy (non-hydrogen) atoms. The van der Waals surface area contributed by atoms with Gasteiger partial charge in [-0.05, 0) is 0 Å². The molecule has 0 radical (unpaired) electrons. The van der Waals surface area contributed by atoms with Crippen LogP contribution in [0.5, 0.6) is 0 Å². The van der Waals surface area contributed by atoms with Crippen molar-refractivity contribution in [1.29, 1.82) is 0 Å². The first-order valence-electron chi connectivity index (χ1n) is 5.07. The van der Waals surface area contributed by atoms with Crippen molar-refractivity contribution in [3.8, 4) is 11.3 Å². The summed E-state index contributed by atoms with van der Waals surface area (Å²) >= 11 is 0. The second kappa shape index (κ2) is 4.29. The molecule has 0 unspecified atom stereocenters. The second-order valence-corrected chi connectivity index (χ2v) is 3.78. The molecule has 1 heterocycles. The maximum atomic E-state index is 11.3. The molecular formula is C12H12N2O3. The number of carboxylic acid groups (broad SMARTS) is 1. The van der Waals surface area contributed by atoms with Gasteiger partial charge in [-0.1, -0.05) is 35.5 Å². The molecule has 0 atom stereocenters. The minimum atomic E-state index is -1.05. The summed E-state index contributed by atoms with van der Waals surface area (Å²) < 4.78 is 5.13. The Morgan fingerprint density at radius 3 is 2.47 bits per heavy atom. The Kier molecular flexibility index (Phi) is 2.82. The molecular weight excluding hydrogens is 220 g/mol. The van der Waals surface area contributed by atoms with Gasteiger partial charge in [-0.2, -0.15) is 0 Å². The zero-order chi connectivity index (χ0) is 12.4. The maximum Gasteiger partial charge on any atom is 0.343 e. The molecule has 1 aromatic heterocycles. The molecule has 2 rings (SSSR count). The third kappa shape index (κ3) is 1.99. The Balaban J connectivity index is 2.60. The summed E-state index contributed by atoms with van der Waals surface area (Å²) in [5.74, 6) is -0.452. The summed E-state index contributed by atoms with van der Waals surface area (Å²) in [6, 6.07) is 9.06. The fourth-order valence-corrected chi connectivity index (χ4v) is 1.57. The molecule has 0 spiro atoms. The predicted molar refractivity (Wildman–Crippen MR) is 63.2 cm³/mol. The highest BCUT2D eigenvalue weighted by atomic mass is 16.5. The maximum absolute atomic E-state index is 11.3. The molecule has 0 saturated heterocycles. The third-order valence-electron chi connectivity index (χ3n) is 2.35. The van der Waals surface area contributed by atoms with Crippen LogP contribution in [0.2, 0.25) is 0 Å². The van der Waals surface area contributed by atoms with Crippen LogP contribution >= 0.6 is 0 Å². The van der Waals surface area contributed by atoms with Crippen LogP contribution in [0, 0.1) is 0 Å². The van der Waals surface area contributed by atoms with Crippen LogP contribution in [0.1, 0.15) is 10.4 Å². The van der Waals surface area contributed by atoms with Crippen molar-refractivity contribution in [2.24, 2.45) is 0 Å². The lowest BCUT2D eigenvalue weighted by atomic mass is 10.1. The molecule has 0 aliphatic rings. The van der Waals surface area contributed by atoms with E-state index in [2.05, 4.69) is 5.16 Å². The number of aromatic carboxylic acids is 1. The standard InChI is InChI=1S/C12H12N2O3/c1-14(2)11-9(12(15)16)10(17-13-11)8-6-4-3-5-7-8/h3-7H,1-2H3,(H,15,16). The summed E-state index contributed by atoms with van der Waals surface area (Å²) in [6.45, 7) is 0. The number of anilines is 1. The number of rotatable bonds is 3. The van der Waals surface area contributed by atoms with E-state index in [-0.39, 0.29) is 11.3 Å². The van der Waals surface area contributed by atoms with Crippen LogP contribution in [0.15, 0.2) is 34.9 Å². The molecule has 0 fully saturated rings. The summed E-state index contributed by atoms with van der Waals surface area (Å²) in [4.78, 5) is 12.9. The molecule has 0 aliphatic carbocycles. The first-order chi connectivity index (χ1) is 8.11. The normalized spacial score (nSPS) is 10.2. The molecule has 2 aromatic rings. The number of hydrogen-bond acceptors (Lipinski definition) is 4. The smallest absolute Gasteiger partial charge is 0.343 e. The van der Waals surface area contributed by atoms with E-state index >= 15 is 0 Å². The highest BCUT2D eigenvalue weighted by Crippen LogP contribution is 2.30. The van der Waals surface area contributed by atoms with Crippen LogP contribution in [-0.4, -0.2) is 30.3 Å². The van der Waals surface area contributed by atoms with Crippen LogP contribution in [0.25, 0.3) is 11.3 Å². The van der Waals surface area contributed by atoms with Gasteiger partial charge < -0.3 is 14.5 Å². The Morgan fingerprint density at radius 2 is 1.94 bits per heavy atom. The predicted octanol–water partition coefficient (Wildman–Crippen LogP) is 2.11. The average Bonchev–Trinajstić information content (AvgIpc) is 2.74. The number of benzene rings is 1. The molecule has 0 saturated carbocycles. The van der Waals surface area contributed by atoms with E-state index < -0.39 is 5.97 Å². The highest BCUT2D eigenvalue weighted by molar-refractivity contribution is 5.99. The Hall–Kier alpha value is -2.30. The average molecular weight is 232 g/mol. The molecule has 5 nitrogen and oxygen atoms in total. The molecule has 5 heteroatoms. The number of hydrogen-bond donors (Lipinski definition) is 1. The number of carboxylic acids is 1. The van der Waals surface area contributed by atoms with Gasteiger partial charge in [0.2, 0.25) is 0 Å². The Labute approximate surface area is 98.3 Å². The van der Waals surface area contributed by atoms with Gasteiger partial charge in [0.25, 0.3) is 0 Å². The summed E-state index contributed by atoms with van der Waals surface area (Å²) in [6.07, 6.45) is 0. The first kappa shape index (κ1) is 11.2. The van der Waals surface area contributed by atoms with Gasteiger partial charge in [-0.3, -0.25) is 0 Å². The Bertz CT molecular complexity index is 532. The molecule has 0 aliphatic heterocycles. The number of aromatic nitrogens is 1. The number of carbonyl (C=O) groups is 1. The van der Waals surface area contributed by atoms with Gasteiger partial charge in [0.05, 0.1) is 0 Å². The summed E-state index contributed by atoms with van der Waals surface area (Å²) in [5, 5.41) is 13.0. The minimum absolute atomic E-state index is 0.0844. The fourth-order valence-electron chi connectivity index (χ4n) is 1.57. The van der Waals surface area contributed by atoms with Crippen molar-refractivity contribution in [3.63, 3.8) is 0 Å². The number of nitrogens with zero attached hydrogens (tertiary/aromatic N) is 2. The van der Waals surface area contributed by atoms with E-state index in [0.29, 0.717) is 11.4 Å². The Morgan fingerprint density at radius 1 is 1.29 bits per heavy atom. The summed E-state index contributed by atoms with van der Waals surface area (Å²) in [5.41, 5.74) is 0.784. The van der Waals surface area contributed by atoms with Crippen molar-refractivity contribution in [3.05, 3.63) is 35.9 Å². The van der Waals surface area contributed by atoms with Gasteiger partial charge >= 0.3 is 5.97 Å². The third-order valence-corrected chi connectivity index (χ3v) is 2.35. The van der Waals surface area contributed by atoms with Crippen molar-refractivity contribution >= 4 is 11.8 Å². The van der Waals surface area contributed by atoms with Gasteiger partial charge in [-0.15, -0.1) is 0 Å². The van der Waals surface area contributed by atoms with E-state index in [1.807, 2.05) is 18.2 Å². The van der Waals surface area contributed by atoms with E-state index in [1.165, 1.54) is 0 Å². The van der Waals surface area contributed by atoms with Gasteiger partial charge in [0.15, 0.2) is 17.1 Å². The van der Waals surface area contributed by atoms with E-state index in [4.69, 9.17) is 4.52 Å².